The number of rotatable bonds is 5. The van der Waals surface area contributed by atoms with E-state index in [-0.39, 0.29) is 24.0 Å². The Morgan fingerprint density at radius 1 is 1.42 bits per heavy atom. The van der Waals surface area contributed by atoms with Crippen molar-refractivity contribution in [2.24, 2.45) is 4.99 Å². The topological polar surface area (TPSA) is 75.3 Å². The van der Waals surface area contributed by atoms with Gasteiger partial charge in [0.1, 0.15) is 0 Å². The van der Waals surface area contributed by atoms with Crippen LogP contribution in [0.1, 0.15) is 25.2 Å². The van der Waals surface area contributed by atoms with Gasteiger partial charge < -0.3 is 15.2 Å². The van der Waals surface area contributed by atoms with E-state index < -0.39 is 0 Å². The van der Waals surface area contributed by atoms with Crippen LogP contribution in [0.2, 0.25) is 5.02 Å². The molecule has 0 saturated heterocycles. The van der Waals surface area contributed by atoms with E-state index in [9.17, 15) is 0 Å². The Morgan fingerprint density at radius 3 is 2.96 bits per heavy atom. The van der Waals surface area contributed by atoms with Crippen molar-refractivity contribution in [1.29, 1.82) is 0 Å². The molecule has 1 aliphatic rings. The monoisotopic (exact) mass is 507 g/mol. The summed E-state index contributed by atoms with van der Waals surface area (Å²) in [5, 5.41) is 12.1. The maximum absolute atomic E-state index is 6.00. The second-order valence-corrected chi connectivity index (χ2v) is 7.53. The van der Waals surface area contributed by atoms with Gasteiger partial charge in [-0.15, -0.1) is 24.0 Å². The van der Waals surface area contributed by atoms with Gasteiger partial charge >= 0.3 is 0 Å². The van der Waals surface area contributed by atoms with E-state index in [0.29, 0.717) is 29.3 Å². The molecule has 142 valence electrons. The minimum atomic E-state index is 0. The van der Waals surface area contributed by atoms with Crippen molar-refractivity contribution in [2.75, 3.05) is 13.3 Å². The summed E-state index contributed by atoms with van der Waals surface area (Å²) in [5.74, 6) is 1.79. The Kier molecular flexibility index (Phi) is 8.49. The summed E-state index contributed by atoms with van der Waals surface area (Å²) in [6.45, 7) is 0.423. The quantitative estimate of drug-likeness (QED) is 0.363. The summed E-state index contributed by atoms with van der Waals surface area (Å²) in [7, 11) is 1.77. The molecular weight excluding hydrogens is 485 g/mol. The lowest BCUT2D eigenvalue weighted by Crippen LogP contribution is -2.42. The molecule has 3 rings (SSSR count). The number of guanidine groups is 1. The Bertz CT molecular complexity index is 741. The Balaban J connectivity index is 0.00000243. The lowest BCUT2D eigenvalue weighted by molar-refractivity contribution is 0.375. The number of nitrogens with one attached hydrogen (secondary N) is 2. The van der Waals surface area contributed by atoms with Gasteiger partial charge in [0.2, 0.25) is 11.7 Å². The van der Waals surface area contributed by atoms with E-state index in [1.165, 1.54) is 19.3 Å². The number of nitrogens with zero attached hydrogens (tertiary/aromatic N) is 3. The average molecular weight is 508 g/mol. The highest BCUT2D eigenvalue weighted by Gasteiger charge is 2.24. The van der Waals surface area contributed by atoms with E-state index in [1.807, 2.05) is 36.0 Å². The van der Waals surface area contributed by atoms with Gasteiger partial charge in [-0.25, -0.2) is 0 Å². The molecule has 1 heterocycles. The van der Waals surface area contributed by atoms with Crippen molar-refractivity contribution in [1.82, 2.24) is 20.8 Å². The summed E-state index contributed by atoms with van der Waals surface area (Å²) in [4.78, 5) is 8.67. The normalized spacial score (nSPS) is 19.9. The van der Waals surface area contributed by atoms with Gasteiger partial charge in [-0.05, 0) is 37.7 Å². The molecule has 9 heteroatoms. The molecule has 2 aromatic rings. The molecule has 0 bridgehead atoms. The summed E-state index contributed by atoms with van der Waals surface area (Å²) in [6.07, 6.45) is 5.77. The van der Waals surface area contributed by atoms with Crippen LogP contribution in [-0.2, 0) is 6.54 Å². The molecule has 2 atom stereocenters. The highest BCUT2D eigenvalue weighted by Crippen LogP contribution is 2.28. The first kappa shape index (κ1) is 21.3. The molecule has 26 heavy (non-hydrogen) atoms. The number of benzene rings is 1. The first-order valence-corrected chi connectivity index (χ1v) is 9.93. The SMILES string of the molecule is CN=C(NCc1nc(-c2cccc(Cl)c2)no1)NC1CCC(SC)C1.I. The maximum Gasteiger partial charge on any atom is 0.246 e. The van der Waals surface area contributed by atoms with Crippen molar-refractivity contribution < 1.29 is 4.52 Å². The van der Waals surface area contributed by atoms with Crippen LogP contribution < -0.4 is 10.6 Å². The fourth-order valence-electron chi connectivity index (χ4n) is 2.90. The molecule has 0 spiro atoms. The number of aromatic nitrogens is 2. The second kappa shape index (κ2) is 10.4. The van der Waals surface area contributed by atoms with E-state index in [2.05, 4.69) is 32.0 Å². The Labute approximate surface area is 180 Å². The summed E-state index contributed by atoms with van der Waals surface area (Å²) < 4.78 is 5.31. The van der Waals surface area contributed by atoms with Gasteiger partial charge in [0.05, 0.1) is 6.54 Å². The number of hydrogen-bond acceptors (Lipinski definition) is 5. The molecular formula is C17H23ClIN5OS. The zero-order valence-electron chi connectivity index (χ0n) is 14.7. The zero-order valence-corrected chi connectivity index (χ0v) is 18.6. The van der Waals surface area contributed by atoms with Crippen LogP contribution in [-0.4, -0.2) is 40.7 Å². The molecule has 1 saturated carbocycles. The molecule has 1 fully saturated rings. The maximum atomic E-state index is 6.00. The third-order valence-corrected chi connectivity index (χ3v) is 5.57. The average Bonchev–Trinajstić information content (AvgIpc) is 3.28. The molecule has 1 aliphatic carbocycles. The second-order valence-electron chi connectivity index (χ2n) is 5.96. The predicted octanol–water partition coefficient (Wildman–Crippen LogP) is 3.96. The van der Waals surface area contributed by atoms with Crippen LogP contribution in [0.5, 0.6) is 0 Å². The van der Waals surface area contributed by atoms with Gasteiger partial charge in [0.25, 0.3) is 0 Å². The van der Waals surface area contributed by atoms with Crippen molar-refractivity contribution in [3.63, 3.8) is 0 Å². The van der Waals surface area contributed by atoms with Gasteiger partial charge in [-0.2, -0.15) is 16.7 Å². The zero-order chi connectivity index (χ0) is 17.6. The first-order valence-electron chi connectivity index (χ1n) is 8.26. The third kappa shape index (κ3) is 5.75. The van der Waals surface area contributed by atoms with Crippen LogP contribution >= 0.6 is 47.3 Å². The lowest BCUT2D eigenvalue weighted by Gasteiger charge is -2.16. The largest absolute Gasteiger partial charge is 0.354 e. The summed E-state index contributed by atoms with van der Waals surface area (Å²) >= 11 is 7.94. The Hall–Kier alpha value is -1.000. The van der Waals surface area contributed by atoms with E-state index in [4.69, 9.17) is 16.1 Å². The minimum absolute atomic E-state index is 0. The first-order chi connectivity index (χ1) is 12.2. The highest BCUT2D eigenvalue weighted by molar-refractivity contribution is 14.0. The smallest absolute Gasteiger partial charge is 0.246 e. The van der Waals surface area contributed by atoms with E-state index in [1.54, 1.807) is 7.05 Å². The van der Waals surface area contributed by atoms with Gasteiger partial charge in [0.15, 0.2) is 5.96 Å². The molecule has 2 N–H and O–H groups in total. The van der Waals surface area contributed by atoms with Crippen LogP contribution in [0.15, 0.2) is 33.8 Å². The number of hydrogen-bond donors (Lipinski definition) is 2. The van der Waals surface area contributed by atoms with Crippen LogP contribution in [0, 0.1) is 0 Å². The van der Waals surface area contributed by atoms with Crippen molar-refractivity contribution in [3.8, 4) is 11.4 Å². The van der Waals surface area contributed by atoms with Crippen LogP contribution in [0.25, 0.3) is 11.4 Å². The minimum Gasteiger partial charge on any atom is -0.354 e. The fraction of sp³-hybridized carbons (Fsp3) is 0.471. The summed E-state index contributed by atoms with van der Waals surface area (Å²) in [6, 6.07) is 7.85. The standard InChI is InChI=1S/C17H22ClN5OS.HI/c1-19-17(21-13-6-7-14(9-13)25-2)20-10-15-22-16(23-24-15)11-4-3-5-12(18)8-11;/h3-5,8,13-14H,6-7,9-10H2,1-2H3,(H2,19,20,21);1H. The molecule has 6 nitrogen and oxygen atoms in total. The van der Waals surface area contributed by atoms with Crippen LogP contribution in [0.4, 0.5) is 0 Å². The van der Waals surface area contributed by atoms with E-state index >= 15 is 0 Å². The number of aliphatic imine (C=N–C) groups is 1. The fourth-order valence-corrected chi connectivity index (χ4v) is 3.89. The third-order valence-electron chi connectivity index (χ3n) is 4.24. The molecule has 0 amide bonds. The molecule has 1 aromatic heterocycles. The molecule has 0 radical (unpaired) electrons. The summed E-state index contributed by atoms with van der Waals surface area (Å²) in [5.41, 5.74) is 0.832. The van der Waals surface area contributed by atoms with E-state index in [0.717, 1.165) is 16.8 Å². The van der Waals surface area contributed by atoms with Gasteiger partial charge in [-0.1, -0.05) is 28.9 Å². The lowest BCUT2D eigenvalue weighted by atomic mass is 10.2. The highest BCUT2D eigenvalue weighted by atomic mass is 127. The number of thioether (sulfide) groups is 1. The van der Waals surface area contributed by atoms with Crippen LogP contribution in [0.3, 0.4) is 0 Å². The van der Waals surface area contributed by atoms with Gasteiger partial charge in [-0.3, -0.25) is 4.99 Å². The predicted molar refractivity (Wildman–Crippen MR) is 118 cm³/mol. The Morgan fingerprint density at radius 2 is 2.27 bits per heavy atom. The molecule has 2 unspecified atom stereocenters. The van der Waals surface area contributed by atoms with Crippen molar-refractivity contribution >= 4 is 53.3 Å². The molecule has 0 aliphatic heterocycles. The van der Waals surface area contributed by atoms with Crippen molar-refractivity contribution in [2.45, 2.75) is 37.1 Å². The number of halogens is 2. The van der Waals surface area contributed by atoms with Gasteiger partial charge in [0, 0.05) is 28.9 Å². The van der Waals surface area contributed by atoms with Crippen molar-refractivity contribution in [3.05, 3.63) is 35.2 Å². The molecule has 1 aromatic carbocycles.